The third kappa shape index (κ3) is 3.37. The molecule has 0 N–H and O–H groups in total. The number of hydrogen-bond donors (Lipinski definition) is 0. The number of Topliss-reactive ketones (excluding diaryl/α,β-unsaturated/α-hetero) is 1. The van der Waals surface area contributed by atoms with Crippen molar-refractivity contribution in [2.45, 2.75) is 22.6 Å². The van der Waals surface area contributed by atoms with Gasteiger partial charge in [0.15, 0.2) is 5.78 Å². The normalized spacial score (nSPS) is 13.4. The van der Waals surface area contributed by atoms with Crippen molar-refractivity contribution in [2.75, 3.05) is 20.6 Å². The molecule has 24 heavy (non-hydrogen) atoms. The van der Waals surface area contributed by atoms with E-state index in [1.807, 2.05) is 43.3 Å². The zero-order chi connectivity index (χ0) is 17.3. The molecule has 3 rings (SSSR count). The van der Waals surface area contributed by atoms with E-state index in [2.05, 4.69) is 0 Å². The topological polar surface area (TPSA) is 60.4 Å². The maximum absolute atomic E-state index is 12.8. The molecule has 0 saturated carbocycles. The maximum atomic E-state index is 12.8. The van der Waals surface area contributed by atoms with Crippen LogP contribution in [0.1, 0.15) is 31.8 Å². The number of carbonyl (C=O) groups is 2. The number of fused-ring (bicyclic) bond motifs is 2. The molecule has 2 aromatic rings. The van der Waals surface area contributed by atoms with E-state index in [1.165, 1.54) is 11.8 Å². The van der Waals surface area contributed by atoms with Gasteiger partial charge in [-0.15, -0.1) is 0 Å². The molecule has 0 bridgehead atoms. The molecule has 0 aromatic heterocycles. The zero-order valence-corrected chi connectivity index (χ0v) is 14.5. The summed E-state index contributed by atoms with van der Waals surface area (Å²) in [6, 6.07) is 10.9. The Bertz CT molecular complexity index is 814. The van der Waals surface area contributed by atoms with Crippen molar-refractivity contribution in [3.8, 4) is 0 Å². The fourth-order valence-corrected chi connectivity index (χ4v) is 4.05. The fraction of sp³-hybridized carbons (Fsp3) is 0.263. The highest BCUT2D eigenvalue weighted by Crippen LogP contribution is 2.39. The van der Waals surface area contributed by atoms with E-state index in [0.29, 0.717) is 23.3 Å². The van der Waals surface area contributed by atoms with Crippen molar-refractivity contribution >= 4 is 23.5 Å². The van der Waals surface area contributed by atoms with E-state index in [9.17, 15) is 14.7 Å². The van der Waals surface area contributed by atoms with Crippen LogP contribution in [0.3, 0.4) is 0 Å². The van der Waals surface area contributed by atoms with Crippen molar-refractivity contribution in [1.82, 2.24) is 4.90 Å². The lowest BCUT2D eigenvalue weighted by molar-refractivity contribution is -0.255. The number of benzene rings is 2. The predicted molar refractivity (Wildman–Crippen MR) is 91.6 cm³/mol. The molecule has 0 spiro atoms. The van der Waals surface area contributed by atoms with Crippen LogP contribution in [0.2, 0.25) is 0 Å². The summed E-state index contributed by atoms with van der Waals surface area (Å²) in [5, 5.41) is 11.4. The lowest BCUT2D eigenvalue weighted by Gasteiger charge is -2.16. The summed E-state index contributed by atoms with van der Waals surface area (Å²) in [6.07, 6.45) is 0.967. The largest absolute Gasteiger partial charge is 0.545 e. The van der Waals surface area contributed by atoms with E-state index >= 15 is 0 Å². The van der Waals surface area contributed by atoms with Crippen LogP contribution in [-0.4, -0.2) is 37.3 Å². The average molecular weight is 340 g/mol. The van der Waals surface area contributed by atoms with Crippen LogP contribution in [0.25, 0.3) is 0 Å². The monoisotopic (exact) mass is 340 g/mol. The molecule has 0 saturated heterocycles. The van der Waals surface area contributed by atoms with Crippen LogP contribution >= 0.6 is 11.8 Å². The molecule has 0 aliphatic carbocycles. The first kappa shape index (κ1) is 16.7. The lowest BCUT2D eigenvalue weighted by atomic mass is 9.95. The first-order valence-corrected chi connectivity index (χ1v) is 8.59. The molecule has 0 unspecified atom stereocenters. The minimum absolute atomic E-state index is 0.0427. The summed E-state index contributed by atoms with van der Waals surface area (Å²) in [6.45, 7) is 0.744. The first-order valence-electron chi connectivity index (χ1n) is 7.77. The van der Waals surface area contributed by atoms with Gasteiger partial charge < -0.3 is 14.8 Å². The number of carboxylic acid groups (broad SMARTS) is 1. The van der Waals surface area contributed by atoms with Gasteiger partial charge in [0.25, 0.3) is 0 Å². The molecule has 0 radical (unpaired) electrons. The summed E-state index contributed by atoms with van der Waals surface area (Å²) in [7, 11) is 3.90. The van der Waals surface area contributed by atoms with E-state index < -0.39 is 5.97 Å². The smallest absolute Gasteiger partial charge is 0.168 e. The van der Waals surface area contributed by atoms with Gasteiger partial charge in [-0.25, -0.2) is 0 Å². The highest BCUT2D eigenvalue weighted by atomic mass is 32.2. The number of carboxylic acids is 1. The molecule has 1 aliphatic rings. The van der Waals surface area contributed by atoms with Crippen molar-refractivity contribution in [3.05, 3.63) is 58.7 Å². The molecule has 2 aromatic carbocycles. The Morgan fingerprint density at radius 3 is 2.67 bits per heavy atom. The Hall–Kier alpha value is -2.11. The number of nitrogens with zero attached hydrogens (tertiary/aromatic N) is 1. The molecule has 4 nitrogen and oxygen atoms in total. The molecule has 0 fully saturated rings. The van der Waals surface area contributed by atoms with E-state index in [0.717, 1.165) is 22.6 Å². The lowest BCUT2D eigenvalue weighted by Crippen LogP contribution is -2.24. The van der Waals surface area contributed by atoms with Crippen LogP contribution in [0.5, 0.6) is 0 Å². The number of ketones is 1. The SMILES string of the molecule is CN(C)CCc1cc(C(=O)[O-])cc2c1C(=O)Cc1ccccc1S2. The summed E-state index contributed by atoms with van der Waals surface area (Å²) in [5.41, 5.74) is 2.55. The van der Waals surface area contributed by atoms with Crippen molar-refractivity contribution in [2.24, 2.45) is 0 Å². The van der Waals surface area contributed by atoms with Crippen LogP contribution in [0.4, 0.5) is 0 Å². The number of aromatic carboxylic acids is 1. The van der Waals surface area contributed by atoms with E-state index in [-0.39, 0.29) is 11.3 Å². The van der Waals surface area contributed by atoms with Crippen molar-refractivity contribution in [1.29, 1.82) is 0 Å². The van der Waals surface area contributed by atoms with Gasteiger partial charge in [-0.1, -0.05) is 30.0 Å². The van der Waals surface area contributed by atoms with Gasteiger partial charge in [0.05, 0.1) is 5.97 Å². The van der Waals surface area contributed by atoms with E-state index in [1.54, 1.807) is 12.1 Å². The number of likely N-dealkylation sites (N-methyl/N-ethyl adjacent to an activating group) is 1. The first-order chi connectivity index (χ1) is 11.5. The summed E-state index contributed by atoms with van der Waals surface area (Å²) in [4.78, 5) is 27.9. The van der Waals surface area contributed by atoms with Crippen molar-refractivity contribution in [3.63, 3.8) is 0 Å². The van der Waals surface area contributed by atoms with Gasteiger partial charge in [0.2, 0.25) is 0 Å². The minimum Gasteiger partial charge on any atom is -0.545 e. The fourth-order valence-electron chi connectivity index (χ4n) is 2.86. The Labute approximate surface area is 145 Å². The zero-order valence-electron chi connectivity index (χ0n) is 13.7. The molecular weight excluding hydrogens is 322 g/mol. The van der Waals surface area contributed by atoms with Gasteiger partial charge in [-0.3, -0.25) is 4.79 Å². The average Bonchev–Trinajstić information content (AvgIpc) is 2.67. The molecular formula is C19H18NO3S-. The quantitative estimate of drug-likeness (QED) is 0.852. The summed E-state index contributed by atoms with van der Waals surface area (Å²) < 4.78 is 0. The third-order valence-electron chi connectivity index (χ3n) is 4.07. The van der Waals surface area contributed by atoms with Crippen LogP contribution in [0, 0.1) is 0 Å². The molecule has 1 heterocycles. The predicted octanol–water partition coefficient (Wildman–Crippen LogP) is 2.04. The van der Waals surface area contributed by atoms with Gasteiger partial charge in [-0.05, 0) is 55.4 Å². The molecule has 0 amide bonds. The van der Waals surface area contributed by atoms with E-state index in [4.69, 9.17) is 0 Å². The highest BCUT2D eigenvalue weighted by molar-refractivity contribution is 7.99. The number of hydrogen-bond acceptors (Lipinski definition) is 5. The second-order valence-electron chi connectivity index (χ2n) is 6.16. The van der Waals surface area contributed by atoms with Crippen molar-refractivity contribution < 1.29 is 14.7 Å². The van der Waals surface area contributed by atoms with Crippen LogP contribution in [-0.2, 0) is 12.8 Å². The van der Waals surface area contributed by atoms with Crippen LogP contribution < -0.4 is 5.11 Å². The Morgan fingerprint density at radius 2 is 1.96 bits per heavy atom. The Kier molecular flexibility index (Phi) is 4.73. The highest BCUT2D eigenvalue weighted by Gasteiger charge is 2.24. The standard InChI is InChI=1S/C19H19NO3S/c1-20(2)8-7-13-9-14(19(22)23)11-17-18(13)15(21)10-12-5-3-4-6-16(12)24-17/h3-6,9,11H,7-8,10H2,1-2H3,(H,22,23)/p-1. The number of rotatable bonds is 4. The summed E-state index contributed by atoms with van der Waals surface area (Å²) in [5.74, 6) is -1.17. The Balaban J connectivity index is 2.13. The second kappa shape index (κ2) is 6.79. The molecule has 5 heteroatoms. The summed E-state index contributed by atoms with van der Waals surface area (Å²) >= 11 is 1.46. The third-order valence-corrected chi connectivity index (χ3v) is 5.23. The molecule has 124 valence electrons. The van der Waals surface area contributed by atoms with Gasteiger partial charge in [-0.2, -0.15) is 0 Å². The molecule has 0 atom stereocenters. The Morgan fingerprint density at radius 1 is 1.21 bits per heavy atom. The number of carbonyl (C=O) groups excluding carboxylic acids is 2. The minimum atomic E-state index is -1.21. The van der Waals surface area contributed by atoms with Crippen LogP contribution in [0.15, 0.2) is 46.2 Å². The van der Waals surface area contributed by atoms with Gasteiger partial charge >= 0.3 is 0 Å². The van der Waals surface area contributed by atoms with Gasteiger partial charge in [0.1, 0.15) is 0 Å². The van der Waals surface area contributed by atoms with Gasteiger partial charge in [0, 0.05) is 28.3 Å². The second-order valence-corrected chi connectivity index (χ2v) is 7.24. The maximum Gasteiger partial charge on any atom is 0.168 e. The molecule has 1 aliphatic heterocycles.